The Morgan fingerprint density at radius 1 is 1.03 bits per heavy atom. The molecule has 182 valence electrons. The first-order valence-electron chi connectivity index (χ1n) is 13.4. The average Bonchev–Trinajstić information content (AvgIpc) is 3.50. The van der Waals surface area contributed by atoms with E-state index in [0.29, 0.717) is 18.2 Å². The molecule has 1 amide bonds. The molecule has 2 bridgehead atoms. The van der Waals surface area contributed by atoms with E-state index in [2.05, 4.69) is 85.4 Å². The van der Waals surface area contributed by atoms with E-state index in [1.165, 1.54) is 36.1 Å². The normalized spacial score (nSPS) is 28.6. The van der Waals surface area contributed by atoms with Crippen molar-refractivity contribution in [1.82, 2.24) is 15.1 Å². The number of amides is 1. The van der Waals surface area contributed by atoms with Crippen LogP contribution in [0.4, 0.5) is 0 Å². The van der Waals surface area contributed by atoms with Crippen LogP contribution < -0.4 is 5.32 Å². The maximum absolute atomic E-state index is 13.9. The third-order valence-corrected chi connectivity index (χ3v) is 9.48. The molecule has 4 heteroatoms. The topological polar surface area (TPSA) is 46.9 Å². The number of fused-ring (bicyclic) bond motifs is 3. The van der Waals surface area contributed by atoms with Gasteiger partial charge in [-0.2, -0.15) is 5.10 Å². The fourth-order valence-corrected chi connectivity index (χ4v) is 7.70. The molecule has 0 aliphatic heterocycles. The molecule has 1 aromatic heterocycles. The van der Waals surface area contributed by atoms with Crippen LogP contribution in [0.1, 0.15) is 91.7 Å². The van der Waals surface area contributed by atoms with Crippen LogP contribution in [0, 0.1) is 16.7 Å². The summed E-state index contributed by atoms with van der Waals surface area (Å²) in [5.41, 5.74) is 5.89. The molecule has 0 saturated heterocycles. The summed E-state index contributed by atoms with van der Waals surface area (Å²) < 4.78 is 2.13. The summed E-state index contributed by atoms with van der Waals surface area (Å²) in [5, 5.41) is 8.57. The zero-order chi connectivity index (χ0) is 24.2. The summed E-state index contributed by atoms with van der Waals surface area (Å²) in [6.45, 7) is 7.76. The van der Waals surface area contributed by atoms with E-state index in [1.54, 1.807) is 0 Å². The second-order valence-corrected chi connectivity index (χ2v) is 12.0. The fourth-order valence-electron chi connectivity index (χ4n) is 7.70. The Kier molecular flexibility index (Phi) is 5.39. The van der Waals surface area contributed by atoms with Crippen molar-refractivity contribution in [1.29, 1.82) is 0 Å². The Hall–Kier alpha value is -2.88. The van der Waals surface area contributed by atoms with Gasteiger partial charge < -0.3 is 5.32 Å². The molecule has 3 aliphatic rings. The molecule has 4 unspecified atom stereocenters. The Balaban J connectivity index is 1.39. The minimum absolute atomic E-state index is 0.0219. The van der Waals surface area contributed by atoms with Crippen molar-refractivity contribution in [2.45, 2.75) is 77.8 Å². The Labute approximate surface area is 209 Å². The van der Waals surface area contributed by atoms with Gasteiger partial charge in [0.15, 0.2) is 5.69 Å². The molecule has 0 spiro atoms. The molecule has 1 heterocycles. The predicted octanol–water partition coefficient (Wildman–Crippen LogP) is 6.34. The van der Waals surface area contributed by atoms with Crippen molar-refractivity contribution in [2.75, 3.05) is 0 Å². The van der Waals surface area contributed by atoms with Gasteiger partial charge in [0.1, 0.15) is 0 Å². The third kappa shape index (κ3) is 3.73. The average molecular weight is 468 g/mol. The summed E-state index contributed by atoms with van der Waals surface area (Å²) in [4.78, 5) is 13.9. The van der Waals surface area contributed by atoms with Gasteiger partial charge in [-0.25, -0.2) is 0 Å². The summed E-state index contributed by atoms with van der Waals surface area (Å²) in [6.07, 6.45) is 6.82. The van der Waals surface area contributed by atoms with E-state index in [0.717, 1.165) is 24.8 Å². The molecule has 2 saturated carbocycles. The number of hydrogen-bond donors (Lipinski definition) is 1. The largest absolute Gasteiger partial charge is 0.347 e. The molecule has 6 rings (SSSR count). The van der Waals surface area contributed by atoms with E-state index in [-0.39, 0.29) is 28.7 Å². The Morgan fingerprint density at radius 2 is 1.74 bits per heavy atom. The lowest BCUT2D eigenvalue weighted by Crippen LogP contribution is -2.52. The number of benzene rings is 2. The van der Waals surface area contributed by atoms with Crippen LogP contribution in [-0.2, 0) is 13.0 Å². The monoisotopic (exact) mass is 467 g/mol. The predicted molar refractivity (Wildman–Crippen MR) is 139 cm³/mol. The molecular weight excluding hydrogens is 430 g/mol. The van der Waals surface area contributed by atoms with Crippen LogP contribution in [0.25, 0.3) is 0 Å². The number of carbonyl (C=O) groups excluding carboxylic acids is 1. The molecule has 3 aliphatic carbocycles. The quantitative estimate of drug-likeness (QED) is 0.476. The van der Waals surface area contributed by atoms with Gasteiger partial charge in [0.25, 0.3) is 5.91 Å². The van der Waals surface area contributed by atoms with Crippen LogP contribution in [-0.4, -0.2) is 21.7 Å². The first kappa shape index (κ1) is 22.6. The van der Waals surface area contributed by atoms with Crippen molar-refractivity contribution in [3.05, 3.63) is 88.7 Å². The number of nitrogens with zero attached hydrogens (tertiary/aromatic N) is 2. The molecule has 3 aromatic rings. The van der Waals surface area contributed by atoms with E-state index in [9.17, 15) is 4.79 Å². The summed E-state index contributed by atoms with van der Waals surface area (Å²) in [6, 6.07) is 21.4. The minimum Gasteiger partial charge on any atom is -0.347 e. The van der Waals surface area contributed by atoms with Crippen molar-refractivity contribution in [2.24, 2.45) is 16.7 Å². The molecule has 1 N–H and O–H groups in total. The lowest BCUT2D eigenvalue weighted by Gasteiger charge is -2.43. The first-order chi connectivity index (χ1) is 16.9. The van der Waals surface area contributed by atoms with Gasteiger partial charge in [0.2, 0.25) is 0 Å². The number of nitrogens with one attached hydrogen (secondary N) is 1. The zero-order valence-corrected chi connectivity index (χ0v) is 21.3. The summed E-state index contributed by atoms with van der Waals surface area (Å²) >= 11 is 0. The van der Waals surface area contributed by atoms with Crippen LogP contribution >= 0.6 is 0 Å². The number of aromatic nitrogens is 2. The van der Waals surface area contributed by atoms with Gasteiger partial charge >= 0.3 is 0 Å². The molecule has 4 nitrogen and oxygen atoms in total. The zero-order valence-electron chi connectivity index (χ0n) is 21.3. The number of carbonyl (C=O) groups is 1. The third-order valence-electron chi connectivity index (χ3n) is 9.48. The summed E-state index contributed by atoms with van der Waals surface area (Å²) in [7, 11) is 0. The number of hydrogen-bond acceptors (Lipinski definition) is 2. The molecular formula is C31H37N3O. The van der Waals surface area contributed by atoms with Gasteiger partial charge in [-0.1, -0.05) is 81.4 Å². The molecule has 4 atom stereocenters. The van der Waals surface area contributed by atoms with Gasteiger partial charge in [-0.3, -0.25) is 9.48 Å². The van der Waals surface area contributed by atoms with Gasteiger partial charge in [0, 0.05) is 17.5 Å². The van der Waals surface area contributed by atoms with Crippen LogP contribution in [0.5, 0.6) is 0 Å². The summed E-state index contributed by atoms with van der Waals surface area (Å²) in [5.74, 6) is 0.993. The van der Waals surface area contributed by atoms with Crippen molar-refractivity contribution in [3.8, 4) is 0 Å². The SMILES string of the molecule is CC12CCC(C1)C(C)(C)C2NC(=O)c1nn(Cc2ccccc2)c2c1CCCC2c1ccccc1. The van der Waals surface area contributed by atoms with Crippen molar-refractivity contribution < 1.29 is 4.79 Å². The van der Waals surface area contributed by atoms with Crippen LogP contribution in [0.3, 0.4) is 0 Å². The second kappa shape index (κ2) is 8.36. The van der Waals surface area contributed by atoms with Crippen molar-refractivity contribution in [3.63, 3.8) is 0 Å². The Bertz CT molecular complexity index is 1220. The standard InChI is InChI=1S/C31H37N3O/c1-30(2)23-17-18-31(3,19-23)29(30)32-28(35)26-25-16-10-15-24(22-13-8-5-9-14-22)27(25)34(33-26)20-21-11-6-4-7-12-21/h4-9,11-14,23-24,29H,10,15-20H2,1-3H3,(H,32,35). The van der Waals surface area contributed by atoms with E-state index in [4.69, 9.17) is 5.10 Å². The lowest BCUT2D eigenvalue weighted by molar-refractivity contribution is 0.0731. The van der Waals surface area contributed by atoms with Gasteiger partial charge in [-0.05, 0) is 66.4 Å². The van der Waals surface area contributed by atoms with E-state index in [1.807, 2.05) is 6.07 Å². The maximum Gasteiger partial charge on any atom is 0.272 e. The second-order valence-electron chi connectivity index (χ2n) is 12.0. The highest BCUT2D eigenvalue weighted by Crippen LogP contribution is 2.62. The molecule has 0 radical (unpaired) electrons. The van der Waals surface area contributed by atoms with Crippen molar-refractivity contribution >= 4 is 5.91 Å². The highest BCUT2D eigenvalue weighted by molar-refractivity contribution is 5.94. The minimum atomic E-state index is 0.0219. The van der Waals surface area contributed by atoms with E-state index < -0.39 is 0 Å². The molecule has 2 fully saturated rings. The number of rotatable bonds is 5. The Morgan fingerprint density at radius 3 is 2.43 bits per heavy atom. The van der Waals surface area contributed by atoms with Crippen LogP contribution in [0.2, 0.25) is 0 Å². The molecule has 35 heavy (non-hydrogen) atoms. The highest BCUT2D eigenvalue weighted by atomic mass is 16.2. The lowest BCUT2D eigenvalue weighted by atomic mass is 9.68. The smallest absolute Gasteiger partial charge is 0.272 e. The van der Waals surface area contributed by atoms with Gasteiger partial charge in [-0.15, -0.1) is 0 Å². The van der Waals surface area contributed by atoms with Gasteiger partial charge in [0.05, 0.1) is 12.2 Å². The highest BCUT2D eigenvalue weighted by Gasteiger charge is 2.59. The van der Waals surface area contributed by atoms with Crippen LogP contribution in [0.15, 0.2) is 60.7 Å². The first-order valence-corrected chi connectivity index (χ1v) is 13.4. The maximum atomic E-state index is 13.9. The van der Waals surface area contributed by atoms with E-state index >= 15 is 0 Å². The fraction of sp³-hybridized carbons (Fsp3) is 0.484. The molecule has 2 aromatic carbocycles.